The Labute approximate surface area is 195 Å². The van der Waals surface area contributed by atoms with Gasteiger partial charge in [0.05, 0.1) is 11.3 Å². The molecule has 33 heavy (non-hydrogen) atoms. The van der Waals surface area contributed by atoms with Gasteiger partial charge < -0.3 is 10.2 Å². The number of anilines is 3. The average molecular weight is 440 g/mol. The number of imide groups is 1. The number of nitrogens with one attached hydrogen (secondary N) is 1. The molecule has 0 atom stereocenters. The van der Waals surface area contributed by atoms with Crippen LogP contribution in [0.25, 0.3) is 5.57 Å². The summed E-state index contributed by atoms with van der Waals surface area (Å²) in [4.78, 5) is 30.3. The molecule has 0 aliphatic carbocycles. The highest BCUT2D eigenvalue weighted by Crippen LogP contribution is 2.34. The van der Waals surface area contributed by atoms with Crippen molar-refractivity contribution in [3.8, 4) is 0 Å². The molecule has 4 rings (SSSR count). The first-order valence-electron chi connectivity index (χ1n) is 11.0. The van der Waals surface area contributed by atoms with Crippen LogP contribution in [0.3, 0.4) is 0 Å². The number of carbonyl (C=O) groups excluding carboxylic acids is 2. The van der Waals surface area contributed by atoms with Crippen LogP contribution in [0, 0.1) is 0 Å². The van der Waals surface area contributed by atoms with Crippen molar-refractivity contribution in [2.75, 3.05) is 29.2 Å². The van der Waals surface area contributed by atoms with E-state index in [0.717, 1.165) is 11.4 Å². The van der Waals surface area contributed by atoms with Gasteiger partial charge in [0.1, 0.15) is 5.70 Å². The second-order valence-corrected chi connectivity index (χ2v) is 9.42. The molecule has 1 aliphatic rings. The Kier molecular flexibility index (Phi) is 5.81. The van der Waals surface area contributed by atoms with Crippen LogP contribution in [0.2, 0.25) is 0 Å². The van der Waals surface area contributed by atoms with Crippen molar-refractivity contribution < 1.29 is 9.59 Å². The summed E-state index contributed by atoms with van der Waals surface area (Å²) in [6.07, 6.45) is 0. The largest absolute Gasteiger partial charge is 0.378 e. The maximum atomic E-state index is 13.5. The first-order valence-corrected chi connectivity index (χ1v) is 11.0. The Morgan fingerprint density at radius 1 is 0.758 bits per heavy atom. The van der Waals surface area contributed by atoms with Gasteiger partial charge in [-0.15, -0.1) is 0 Å². The van der Waals surface area contributed by atoms with Gasteiger partial charge in [-0.3, -0.25) is 9.59 Å². The molecule has 1 aliphatic heterocycles. The van der Waals surface area contributed by atoms with Crippen LogP contribution in [0.1, 0.15) is 31.9 Å². The lowest BCUT2D eigenvalue weighted by molar-refractivity contribution is -0.120. The molecule has 0 fully saturated rings. The first-order chi connectivity index (χ1) is 15.7. The smallest absolute Gasteiger partial charge is 0.282 e. The van der Waals surface area contributed by atoms with Crippen LogP contribution in [-0.4, -0.2) is 25.9 Å². The van der Waals surface area contributed by atoms with Gasteiger partial charge in [0.25, 0.3) is 11.8 Å². The van der Waals surface area contributed by atoms with Crippen LogP contribution < -0.4 is 15.1 Å². The predicted octanol–water partition coefficient (Wildman–Crippen LogP) is 5.45. The Morgan fingerprint density at radius 3 is 1.91 bits per heavy atom. The number of benzene rings is 3. The van der Waals surface area contributed by atoms with E-state index in [1.165, 1.54) is 10.5 Å². The van der Waals surface area contributed by atoms with Crippen LogP contribution in [-0.2, 0) is 15.0 Å². The number of hydrogen-bond acceptors (Lipinski definition) is 4. The van der Waals surface area contributed by atoms with Crippen LogP contribution >= 0.6 is 0 Å². The van der Waals surface area contributed by atoms with Crippen LogP contribution in [0.15, 0.2) is 84.6 Å². The highest BCUT2D eigenvalue weighted by Gasteiger charge is 2.40. The lowest BCUT2D eigenvalue weighted by atomic mass is 9.87. The number of nitrogens with zero attached hydrogens (tertiary/aromatic N) is 2. The van der Waals surface area contributed by atoms with Crippen molar-refractivity contribution in [1.29, 1.82) is 0 Å². The van der Waals surface area contributed by atoms with Gasteiger partial charge in [-0.1, -0.05) is 63.2 Å². The lowest BCUT2D eigenvalue weighted by Crippen LogP contribution is -2.32. The Morgan fingerprint density at radius 2 is 1.36 bits per heavy atom. The highest BCUT2D eigenvalue weighted by molar-refractivity contribution is 6.46. The van der Waals surface area contributed by atoms with Gasteiger partial charge in [0, 0.05) is 25.5 Å². The third-order valence-electron chi connectivity index (χ3n) is 5.79. The fourth-order valence-electron chi connectivity index (χ4n) is 3.85. The van der Waals surface area contributed by atoms with Crippen molar-refractivity contribution in [2.45, 2.75) is 26.2 Å². The minimum absolute atomic E-state index is 0.0294. The molecule has 0 saturated heterocycles. The molecule has 1 N–H and O–H groups in total. The number of hydrogen-bond donors (Lipinski definition) is 1. The minimum atomic E-state index is -0.364. The molecule has 3 aromatic carbocycles. The Bertz CT molecular complexity index is 1200. The van der Waals surface area contributed by atoms with Crippen molar-refractivity contribution in [1.82, 2.24) is 0 Å². The van der Waals surface area contributed by atoms with Crippen molar-refractivity contribution in [2.24, 2.45) is 0 Å². The third kappa shape index (κ3) is 4.40. The van der Waals surface area contributed by atoms with Crippen molar-refractivity contribution in [3.05, 3.63) is 95.7 Å². The number of carbonyl (C=O) groups is 2. The van der Waals surface area contributed by atoms with E-state index in [1.807, 2.05) is 85.7 Å². The maximum Gasteiger partial charge on any atom is 0.282 e. The van der Waals surface area contributed by atoms with E-state index >= 15 is 0 Å². The molecule has 0 spiro atoms. The molecule has 168 valence electrons. The zero-order valence-corrected chi connectivity index (χ0v) is 19.7. The first kappa shape index (κ1) is 22.3. The van der Waals surface area contributed by atoms with Gasteiger partial charge in [-0.05, 0) is 52.9 Å². The second kappa shape index (κ2) is 8.58. The van der Waals surface area contributed by atoms with E-state index in [0.29, 0.717) is 16.8 Å². The Balaban J connectivity index is 1.73. The topological polar surface area (TPSA) is 52.6 Å². The van der Waals surface area contributed by atoms with Gasteiger partial charge in [-0.25, -0.2) is 4.90 Å². The lowest BCUT2D eigenvalue weighted by Gasteiger charge is -2.19. The summed E-state index contributed by atoms with van der Waals surface area (Å²) in [5, 5.41) is 3.24. The number of rotatable bonds is 5. The minimum Gasteiger partial charge on any atom is -0.378 e. The van der Waals surface area contributed by atoms with Gasteiger partial charge >= 0.3 is 0 Å². The van der Waals surface area contributed by atoms with E-state index in [2.05, 4.69) is 26.1 Å². The Hall–Kier alpha value is -3.86. The van der Waals surface area contributed by atoms with Crippen molar-refractivity contribution in [3.63, 3.8) is 0 Å². The zero-order chi connectivity index (χ0) is 23.8. The molecule has 2 amide bonds. The standard InChI is InChI=1S/C28H29N3O2/c1-28(2,3)20-11-13-21(14-12-20)29-25-24(19-9-7-6-8-10-19)26(32)31(27(25)33)23-17-15-22(16-18-23)30(4)5/h6-18,29H,1-5H3. The van der Waals surface area contributed by atoms with Crippen LogP contribution in [0.4, 0.5) is 17.1 Å². The molecular weight excluding hydrogens is 410 g/mol. The maximum absolute atomic E-state index is 13.5. The molecule has 5 heteroatoms. The molecule has 0 aromatic heterocycles. The highest BCUT2D eigenvalue weighted by atomic mass is 16.2. The fraction of sp³-hybridized carbons (Fsp3) is 0.214. The quantitative estimate of drug-likeness (QED) is 0.538. The zero-order valence-electron chi connectivity index (χ0n) is 19.7. The fourth-order valence-corrected chi connectivity index (χ4v) is 3.85. The SMILES string of the molecule is CN(C)c1ccc(N2C(=O)C(Nc3ccc(C(C)(C)C)cc3)=C(c3ccccc3)C2=O)cc1. The average Bonchev–Trinajstić information content (AvgIpc) is 3.03. The van der Waals surface area contributed by atoms with Gasteiger partial charge in [0.2, 0.25) is 0 Å². The summed E-state index contributed by atoms with van der Waals surface area (Å²) in [6, 6.07) is 24.7. The predicted molar refractivity (Wildman–Crippen MR) is 135 cm³/mol. The van der Waals surface area contributed by atoms with E-state index < -0.39 is 0 Å². The summed E-state index contributed by atoms with van der Waals surface area (Å²) in [5.74, 6) is -0.700. The summed E-state index contributed by atoms with van der Waals surface area (Å²) in [5.41, 5.74) is 4.89. The number of amides is 2. The summed E-state index contributed by atoms with van der Waals surface area (Å²) >= 11 is 0. The normalized spacial score (nSPS) is 14.2. The second-order valence-electron chi connectivity index (χ2n) is 9.42. The monoisotopic (exact) mass is 439 g/mol. The third-order valence-corrected chi connectivity index (χ3v) is 5.79. The molecule has 0 radical (unpaired) electrons. The van der Waals surface area contributed by atoms with E-state index in [-0.39, 0.29) is 22.9 Å². The van der Waals surface area contributed by atoms with E-state index in [4.69, 9.17) is 0 Å². The van der Waals surface area contributed by atoms with Crippen LogP contribution in [0.5, 0.6) is 0 Å². The molecule has 0 bridgehead atoms. The summed E-state index contributed by atoms with van der Waals surface area (Å²) in [7, 11) is 3.90. The molecule has 5 nitrogen and oxygen atoms in total. The van der Waals surface area contributed by atoms with Gasteiger partial charge in [-0.2, -0.15) is 0 Å². The van der Waals surface area contributed by atoms with Gasteiger partial charge in [0.15, 0.2) is 0 Å². The summed E-state index contributed by atoms with van der Waals surface area (Å²) < 4.78 is 0. The molecule has 0 saturated carbocycles. The molecule has 3 aromatic rings. The van der Waals surface area contributed by atoms with E-state index in [1.54, 1.807) is 12.1 Å². The van der Waals surface area contributed by atoms with Crippen molar-refractivity contribution >= 4 is 34.4 Å². The molecule has 1 heterocycles. The molecular formula is C28H29N3O2. The van der Waals surface area contributed by atoms with E-state index in [9.17, 15) is 9.59 Å². The summed E-state index contributed by atoms with van der Waals surface area (Å²) in [6.45, 7) is 6.47. The molecule has 0 unspecified atom stereocenters.